The Morgan fingerprint density at radius 1 is 1.28 bits per heavy atom. The number of likely N-dealkylation sites (tertiary alicyclic amines) is 1. The molecule has 0 N–H and O–H groups in total. The van der Waals surface area contributed by atoms with E-state index in [-0.39, 0.29) is 24.4 Å². The Bertz CT molecular complexity index is 783. The highest BCUT2D eigenvalue weighted by atomic mass is 16.5. The first-order chi connectivity index (χ1) is 12.0. The number of amides is 1. The second kappa shape index (κ2) is 7.09. The van der Waals surface area contributed by atoms with Gasteiger partial charge in [0.25, 0.3) is 0 Å². The van der Waals surface area contributed by atoms with Crippen molar-refractivity contribution in [3.63, 3.8) is 0 Å². The van der Waals surface area contributed by atoms with Crippen molar-refractivity contribution in [2.45, 2.75) is 26.8 Å². The summed E-state index contributed by atoms with van der Waals surface area (Å²) in [6, 6.07) is 9.91. The van der Waals surface area contributed by atoms with E-state index < -0.39 is 0 Å². The molecule has 0 aliphatic carbocycles. The Hall–Kier alpha value is -2.63. The molecule has 132 valence electrons. The van der Waals surface area contributed by atoms with Crippen LogP contribution in [0.25, 0.3) is 0 Å². The van der Waals surface area contributed by atoms with Gasteiger partial charge in [-0.3, -0.25) is 9.48 Å². The van der Waals surface area contributed by atoms with Crippen molar-refractivity contribution in [1.29, 1.82) is 0 Å². The molecule has 1 aromatic heterocycles. The number of carbonyl (C=O) groups excluding carboxylic acids is 2. The van der Waals surface area contributed by atoms with Crippen LogP contribution in [-0.2, 0) is 23.1 Å². The zero-order valence-corrected chi connectivity index (χ0v) is 14.9. The summed E-state index contributed by atoms with van der Waals surface area (Å²) in [4.78, 5) is 26.4. The van der Waals surface area contributed by atoms with Crippen molar-refractivity contribution in [1.82, 2.24) is 14.7 Å². The molecule has 1 saturated heterocycles. The second-order valence-electron chi connectivity index (χ2n) is 6.60. The Morgan fingerprint density at radius 2 is 2.00 bits per heavy atom. The standard InChI is InChI=1S/C19H23N3O3/c1-13-18(14(2)21(3)20-13)19(24)25-12-16-9-17(23)22(11-16)10-15-7-5-4-6-8-15/h4-8,16H,9-12H2,1-3H3/t16-/m0/s1. The summed E-state index contributed by atoms with van der Waals surface area (Å²) < 4.78 is 7.14. The van der Waals surface area contributed by atoms with Gasteiger partial charge in [0.05, 0.1) is 12.3 Å². The van der Waals surface area contributed by atoms with Gasteiger partial charge in [-0.2, -0.15) is 5.10 Å². The fraction of sp³-hybridized carbons (Fsp3) is 0.421. The van der Waals surface area contributed by atoms with Crippen LogP contribution in [0, 0.1) is 19.8 Å². The van der Waals surface area contributed by atoms with Gasteiger partial charge in [-0.15, -0.1) is 0 Å². The molecule has 1 fully saturated rings. The third-order valence-corrected chi connectivity index (χ3v) is 4.67. The van der Waals surface area contributed by atoms with Crippen molar-refractivity contribution in [2.24, 2.45) is 13.0 Å². The Balaban J connectivity index is 1.56. The number of rotatable bonds is 5. The molecule has 2 heterocycles. The number of hydrogen-bond donors (Lipinski definition) is 0. The SMILES string of the molecule is Cc1nn(C)c(C)c1C(=O)OC[C@H]1CC(=O)N(Cc2ccccc2)C1. The molecule has 1 atom stereocenters. The van der Waals surface area contributed by atoms with E-state index in [1.54, 1.807) is 18.7 Å². The molecular weight excluding hydrogens is 318 g/mol. The van der Waals surface area contributed by atoms with E-state index in [0.717, 1.165) is 11.3 Å². The lowest BCUT2D eigenvalue weighted by Crippen LogP contribution is -2.25. The molecule has 0 unspecified atom stereocenters. The van der Waals surface area contributed by atoms with Crippen LogP contribution in [0.4, 0.5) is 0 Å². The first-order valence-corrected chi connectivity index (χ1v) is 8.44. The van der Waals surface area contributed by atoms with Crippen LogP contribution in [0.3, 0.4) is 0 Å². The molecule has 1 aromatic carbocycles. The van der Waals surface area contributed by atoms with Crippen molar-refractivity contribution >= 4 is 11.9 Å². The summed E-state index contributed by atoms with van der Waals surface area (Å²) in [6.45, 7) is 5.11. The van der Waals surface area contributed by atoms with Crippen LogP contribution in [0.5, 0.6) is 0 Å². The lowest BCUT2D eigenvalue weighted by atomic mass is 10.1. The van der Waals surface area contributed by atoms with Crippen molar-refractivity contribution in [3.8, 4) is 0 Å². The lowest BCUT2D eigenvalue weighted by Gasteiger charge is -2.16. The maximum Gasteiger partial charge on any atom is 0.341 e. The number of benzene rings is 1. The quantitative estimate of drug-likeness (QED) is 0.783. The smallest absolute Gasteiger partial charge is 0.341 e. The summed E-state index contributed by atoms with van der Waals surface area (Å²) in [5, 5.41) is 4.24. The van der Waals surface area contributed by atoms with E-state index in [0.29, 0.717) is 30.8 Å². The number of carbonyl (C=O) groups is 2. The average Bonchev–Trinajstić information content (AvgIpc) is 3.05. The number of nitrogens with zero attached hydrogens (tertiary/aromatic N) is 3. The normalized spacial score (nSPS) is 17.2. The molecule has 2 aromatic rings. The van der Waals surface area contributed by atoms with E-state index in [2.05, 4.69) is 5.10 Å². The Labute approximate surface area is 147 Å². The molecule has 1 aliphatic rings. The van der Waals surface area contributed by atoms with Gasteiger partial charge in [-0.05, 0) is 19.4 Å². The fourth-order valence-corrected chi connectivity index (χ4v) is 3.26. The summed E-state index contributed by atoms with van der Waals surface area (Å²) in [5.74, 6) is -0.215. The topological polar surface area (TPSA) is 64.4 Å². The van der Waals surface area contributed by atoms with Gasteiger partial charge in [0.1, 0.15) is 5.56 Å². The zero-order valence-electron chi connectivity index (χ0n) is 14.9. The number of hydrogen-bond acceptors (Lipinski definition) is 4. The maximum absolute atomic E-state index is 12.3. The molecule has 6 heteroatoms. The Morgan fingerprint density at radius 3 is 2.64 bits per heavy atom. The van der Waals surface area contributed by atoms with Crippen LogP contribution < -0.4 is 0 Å². The van der Waals surface area contributed by atoms with Gasteiger partial charge >= 0.3 is 5.97 Å². The predicted octanol–water partition coefficient (Wildman–Crippen LogP) is 2.24. The summed E-state index contributed by atoms with van der Waals surface area (Å²) >= 11 is 0. The second-order valence-corrected chi connectivity index (χ2v) is 6.60. The predicted molar refractivity (Wildman–Crippen MR) is 92.9 cm³/mol. The minimum Gasteiger partial charge on any atom is -0.462 e. The van der Waals surface area contributed by atoms with E-state index in [9.17, 15) is 9.59 Å². The Kier molecular flexibility index (Phi) is 4.88. The van der Waals surface area contributed by atoms with E-state index in [4.69, 9.17) is 4.74 Å². The highest BCUT2D eigenvalue weighted by molar-refractivity contribution is 5.91. The molecule has 0 spiro atoms. The van der Waals surface area contributed by atoms with Crippen LogP contribution in [0.2, 0.25) is 0 Å². The minimum atomic E-state index is -0.364. The summed E-state index contributed by atoms with van der Waals surface area (Å²) in [5.41, 5.74) is 3.08. The fourth-order valence-electron chi connectivity index (χ4n) is 3.26. The average molecular weight is 341 g/mol. The monoisotopic (exact) mass is 341 g/mol. The lowest BCUT2D eigenvalue weighted by molar-refractivity contribution is -0.128. The molecule has 1 amide bonds. The third-order valence-electron chi connectivity index (χ3n) is 4.67. The van der Waals surface area contributed by atoms with E-state index in [1.165, 1.54) is 0 Å². The molecule has 1 aliphatic heterocycles. The van der Waals surface area contributed by atoms with Crippen LogP contribution in [0.15, 0.2) is 30.3 Å². The van der Waals surface area contributed by atoms with Gasteiger partial charge in [-0.1, -0.05) is 30.3 Å². The molecule has 3 rings (SSSR count). The first-order valence-electron chi connectivity index (χ1n) is 8.44. The van der Waals surface area contributed by atoms with Gasteiger partial charge in [0, 0.05) is 38.2 Å². The maximum atomic E-state index is 12.3. The number of ether oxygens (including phenoxy) is 1. The number of aryl methyl sites for hydroxylation is 2. The van der Waals surface area contributed by atoms with Crippen LogP contribution in [0.1, 0.15) is 33.7 Å². The van der Waals surface area contributed by atoms with Gasteiger partial charge < -0.3 is 9.64 Å². The van der Waals surface area contributed by atoms with E-state index in [1.807, 2.05) is 42.2 Å². The molecule has 6 nitrogen and oxygen atoms in total. The van der Waals surface area contributed by atoms with Crippen molar-refractivity contribution in [2.75, 3.05) is 13.2 Å². The van der Waals surface area contributed by atoms with E-state index >= 15 is 0 Å². The highest BCUT2D eigenvalue weighted by Gasteiger charge is 2.31. The van der Waals surface area contributed by atoms with Gasteiger partial charge in [-0.25, -0.2) is 4.79 Å². The van der Waals surface area contributed by atoms with Crippen LogP contribution in [-0.4, -0.2) is 39.7 Å². The largest absolute Gasteiger partial charge is 0.462 e. The van der Waals surface area contributed by atoms with Crippen molar-refractivity contribution in [3.05, 3.63) is 52.8 Å². The molecule has 0 radical (unpaired) electrons. The highest BCUT2D eigenvalue weighted by Crippen LogP contribution is 2.21. The van der Waals surface area contributed by atoms with Crippen LogP contribution >= 0.6 is 0 Å². The van der Waals surface area contributed by atoms with Crippen molar-refractivity contribution < 1.29 is 14.3 Å². The summed E-state index contributed by atoms with van der Waals surface area (Å²) in [7, 11) is 1.80. The van der Waals surface area contributed by atoms with Gasteiger partial charge in [0.2, 0.25) is 5.91 Å². The molecule has 25 heavy (non-hydrogen) atoms. The molecular formula is C19H23N3O3. The number of esters is 1. The third kappa shape index (κ3) is 3.73. The number of aromatic nitrogens is 2. The minimum absolute atomic E-state index is 0.0393. The van der Waals surface area contributed by atoms with Gasteiger partial charge in [0.15, 0.2) is 0 Å². The summed E-state index contributed by atoms with van der Waals surface area (Å²) in [6.07, 6.45) is 0.422. The zero-order chi connectivity index (χ0) is 18.0. The first kappa shape index (κ1) is 17.2. The molecule has 0 saturated carbocycles. The molecule has 0 bridgehead atoms.